The van der Waals surface area contributed by atoms with Gasteiger partial charge in [0.2, 0.25) is 0 Å². The highest BCUT2D eigenvalue weighted by atomic mass is 35.5. The number of aromatic nitrogens is 1. The van der Waals surface area contributed by atoms with Gasteiger partial charge in [-0.3, -0.25) is 0 Å². The molecule has 0 unspecified atom stereocenters. The molecule has 2 aromatic rings. The standard InChI is InChI=1S/C11H8Cl3N3/c12-6-1-3-7(4-2-6)16-11-9(14)5-8(13)10(15)17-11/h1-5H,(H3,15,16,17). The molecule has 0 bridgehead atoms. The molecule has 0 spiro atoms. The Balaban J connectivity index is 2.30. The van der Waals surface area contributed by atoms with Crippen LogP contribution in [0.4, 0.5) is 17.3 Å². The molecule has 88 valence electrons. The van der Waals surface area contributed by atoms with Gasteiger partial charge in [-0.25, -0.2) is 4.98 Å². The second-order valence-corrected chi connectivity index (χ2v) is 4.57. The quantitative estimate of drug-likeness (QED) is 0.863. The number of hydrogen-bond donors (Lipinski definition) is 2. The smallest absolute Gasteiger partial charge is 0.151 e. The normalized spacial score (nSPS) is 10.3. The highest BCUT2D eigenvalue weighted by Gasteiger charge is 2.07. The SMILES string of the molecule is Nc1nc(Nc2ccc(Cl)cc2)c(Cl)cc1Cl. The number of nitrogens with one attached hydrogen (secondary N) is 1. The van der Waals surface area contributed by atoms with Gasteiger partial charge in [-0.1, -0.05) is 34.8 Å². The summed E-state index contributed by atoms with van der Waals surface area (Å²) in [6.07, 6.45) is 0. The number of benzene rings is 1. The summed E-state index contributed by atoms with van der Waals surface area (Å²) in [6.45, 7) is 0. The van der Waals surface area contributed by atoms with E-state index in [0.717, 1.165) is 5.69 Å². The van der Waals surface area contributed by atoms with E-state index in [-0.39, 0.29) is 5.82 Å². The molecule has 0 atom stereocenters. The molecule has 1 aromatic heterocycles. The van der Waals surface area contributed by atoms with Gasteiger partial charge in [0.05, 0.1) is 10.0 Å². The number of hydrogen-bond acceptors (Lipinski definition) is 3. The molecule has 1 aromatic carbocycles. The zero-order valence-electron chi connectivity index (χ0n) is 8.55. The van der Waals surface area contributed by atoms with E-state index in [1.807, 2.05) is 12.1 Å². The Morgan fingerprint density at radius 1 is 1.00 bits per heavy atom. The minimum Gasteiger partial charge on any atom is -0.382 e. The highest BCUT2D eigenvalue weighted by molar-refractivity contribution is 6.37. The number of rotatable bonds is 2. The second kappa shape index (κ2) is 5.00. The minimum atomic E-state index is 0.229. The van der Waals surface area contributed by atoms with Crippen LogP contribution in [0.2, 0.25) is 15.1 Å². The lowest BCUT2D eigenvalue weighted by molar-refractivity contribution is 1.31. The van der Waals surface area contributed by atoms with Crippen molar-refractivity contribution in [2.75, 3.05) is 11.1 Å². The average Bonchev–Trinajstić information content (AvgIpc) is 2.29. The first-order valence-corrected chi connectivity index (χ1v) is 5.84. The predicted molar refractivity (Wildman–Crippen MR) is 73.4 cm³/mol. The largest absolute Gasteiger partial charge is 0.382 e. The number of nitrogens with zero attached hydrogens (tertiary/aromatic N) is 1. The van der Waals surface area contributed by atoms with Gasteiger partial charge in [-0.15, -0.1) is 0 Å². The van der Waals surface area contributed by atoms with E-state index in [4.69, 9.17) is 40.5 Å². The summed E-state index contributed by atoms with van der Waals surface area (Å²) in [5.41, 5.74) is 6.42. The molecule has 3 N–H and O–H groups in total. The van der Waals surface area contributed by atoms with Crippen molar-refractivity contribution in [1.82, 2.24) is 4.98 Å². The van der Waals surface area contributed by atoms with E-state index < -0.39 is 0 Å². The van der Waals surface area contributed by atoms with Crippen LogP contribution in [0, 0.1) is 0 Å². The van der Waals surface area contributed by atoms with E-state index in [2.05, 4.69) is 10.3 Å². The first-order chi connectivity index (χ1) is 8.06. The lowest BCUT2D eigenvalue weighted by Gasteiger charge is -2.09. The topological polar surface area (TPSA) is 50.9 Å². The summed E-state index contributed by atoms with van der Waals surface area (Å²) in [4.78, 5) is 4.06. The number of nitrogens with two attached hydrogens (primary N) is 1. The number of halogens is 3. The fourth-order valence-corrected chi connectivity index (χ4v) is 1.77. The van der Waals surface area contributed by atoms with Gasteiger partial charge < -0.3 is 11.1 Å². The van der Waals surface area contributed by atoms with Gasteiger partial charge in [-0.05, 0) is 30.3 Å². The molecular weight excluding hydrogens is 281 g/mol. The average molecular weight is 289 g/mol. The van der Waals surface area contributed by atoms with E-state index in [9.17, 15) is 0 Å². The van der Waals surface area contributed by atoms with E-state index in [1.165, 1.54) is 0 Å². The third-order valence-corrected chi connectivity index (χ3v) is 2.91. The van der Waals surface area contributed by atoms with Gasteiger partial charge in [0.25, 0.3) is 0 Å². The van der Waals surface area contributed by atoms with Gasteiger partial charge in [0.1, 0.15) is 5.82 Å². The van der Waals surface area contributed by atoms with Crippen molar-refractivity contribution in [3.63, 3.8) is 0 Å². The zero-order chi connectivity index (χ0) is 12.4. The van der Waals surface area contributed by atoms with Crippen molar-refractivity contribution < 1.29 is 0 Å². The van der Waals surface area contributed by atoms with Crippen LogP contribution in [0.3, 0.4) is 0 Å². The van der Waals surface area contributed by atoms with Crippen molar-refractivity contribution in [2.45, 2.75) is 0 Å². The molecule has 0 aliphatic rings. The van der Waals surface area contributed by atoms with Crippen molar-refractivity contribution in [2.24, 2.45) is 0 Å². The first-order valence-electron chi connectivity index (χ1n) is 4.70. The van der Waals surface area contributed by atoms with Crippen LogP contribution in [0.25, 0.3) is 0 Å². The summed E-state index contributed by atoms with van der Waals surface area (Å²) in [7, 11) is 0. The van der Waals surface area contributed by atoms with Crippen LogP contribution in [0.1, 0.15) is 0 Å². The van der Waals surface area contributed by atoms with Crippen LogP contribution in [0.15, 0.2) is 30.3 Å². The summed E-state index contributed by atoms with van der Waals surface area (Å²) in [5.74, 6) is 0.684. The fraction of sp³-hybridized carbons (Fsp3) is 0. The van der Waals surface area contributed by atoms with E-state index in [0.29, 0.717) is 20.9 Å². The maximum atomic E-state index is 5.99. The third kappa shape index (κ3) is 2.94. The Morgan fingerprint density at radius 3 is 2.29 bits per heavy atom. The van der Waals surface area contributed by atoms with Crippen LogP contribution < -0.4 is 11.1 Å². The molecule has 0 saturated carbocycles. The molecule has 17 heavy (non-hydrogen) atoms. The minimum absolute atomic E-state index is 0.229. The van der Waals surface area contributed by atoms with Crippen LogP contribution in [0.5, 0.6) is 0 Å². The molecule has 0 aliphatic carbocycles. The lowest BCUT2D eigenvalue weighted by Crippen LogP contribution is -1.98. The Labute approximate surface area is 114 Å². The molecule has 0 amide bonds. The van der Waals surface area contributed by atoms with Gasteiger partial charge >= 0.3 is 0 Å². The van der Waals surface area contributed by atoms with Gasteiger partial charge in [0, 0.05) is 10.7 Å². The maximum absolute atomic E-state index is 5.99. The summed E-state index contributed by atoms with van der Waals surface area (Å²) in [5, 5.41) is 4.42. The maximum Gasteiger partial charge on any atom is 0.151 e. The Kier molecular flexibility index (Phi) is 3.62. The third-order valence-electron chi connectivity index (χ3n) is 2.06. The van der Waals surface area contributed by atoms with Gasteiger partial charge in [0.15, 0.2) is 5.82 Å². The first kappa shape index (κ1) is 12.3. The van der Waals surface area contributed by atoms with Crippen molar-refractivity contribution in [3.05, 3.63) is 45.4 Å². The summed E-state index contributed by atoms with van der Waals surface area (Å²) < 4.78 is 0. The Bertz CT molecular complexity index is 540. The molecular formula is C11H8Cl3N3. The molecule has 0 radical (unpaired) electrons. The molecule has 0 saturated heterocycles. The van der Waals surface area contributed by atoms with Crippen molar-refractivity contribution in [1.29, 1.82) is 0 Å². The monoisotopic (exact) mass is 287 g/mol. The van der Waals surface area contributed by atoms with Crippen molar-refractivity contribution >= 4 is 52.1 Å². The highest BCUT2D eigenvalue weighted by Crippen LogP contribution is 2.29. The van der Waals surface area contributed by atoms with Crippen LogP contribution in [-0.4, -0.2) is 4.98 Å². The lowest BCUT2D eigenvalue weighted by atomic mass is 10.3. The zero-order valence-corrected chi connectivity index (χ0v) is 10.8. The van der Waals surface area contributed by atoms with E-state index >= 15 is 0 Å². The Morgan fingerprint density at radius 2 is 1.65 bits per heavy atom. The summed E-state index contributed by atoms with van der Waals surface area (Å²) in [6, 6.07) is 8.69. The van der Waals surface area contributed by atoms with Crippen LogP contribution >= 0.6 is 34.8 Å². The number of pyridine rings is 1. The predicted octanol–water partition coefficient (Wildman–Crippen LogP) is 4.37. The molecule has 6 heteroatoms. The Hall–Kier alpha value is -1.16. The van der Waals surface area contributed by atoms with E-state index in [1.54, 1.807) is 18.2 Å². The van der Waals surface area contributed by atoms with Crippen molar-refractivity contribution in [3.8, 4) is 0 Å². The molecule has 1 heterocycles. The molecule has 0 aliphatic heterocycles. The second-order valence-electron chi connectivity index (χ2n) is 3.32. The summed E-state index contributed by atoms with van der Waals surface area (Å²) >= 11 is 17.6. The van der Waals surface area contributed by atoms with Crippen LogP contribution in [-0.2, 0) is 0 Å². The number of anilines is 3. The number of nitrogen functional groups attached to an aromatic ring is 1. The molecule has 0 fully saturated rings. The molecule has 2 rings (SSSR count). The molecule has 3 nitrogen and oxygen atoms in total. The fourth-order valence-electron chi connectivity index (χ4n) is 1.24. The van der Waals surface area contributed by atoms with Gasteiger partial charge in [-0.2, -0.15) is 0 Å².